The molecule has 2 saturated heterocycles. The van der Waals surface area contributed by atoms with E-state index in [-0.39, 0.29) is 11.4 Å². The van der Waals surface area contributed by atoms with E-state index in [1.165, 1.54) is 5.56 Å². The van der Waals surface area contributed by atoms with Crippen molar-refractivity contribution in [3.05, 3.63) is 54.1 Å². The van der Waals surface area contributed by atoms with Crippen molar-refractivity contribution in [1.29, 1.82) is 0 Å². The topological polar surface area (TPSA) is 54.0 Å². The summed E-state index contributed by atoms with van der Waals surface area (Å²) in [4.78, 5) is 17.5. The molecule has 6 heteroatoms. The number of carbonyl (C=O) groups is 1. The summed E-state index contributed by atoms with van der Waals surface area (Å²) in [5.74, 6) is 1.42. The molecule has 1 spiro atoms. The Kier molecular flexibility index (Phi) is 5.26. The van der Waals surface area contributed by atoms with Crippen molar-refractivity contribution in [3.8, 4) is 11.5 Å². The molecule has 2 amide bonds. The molecule has 2 aromatic carbocycles. The van der Waals surface area contributed by atoms with Crippen molar-refractivity contribution in [3.63, 3.8) is 0 Å². The Balaban J connectivity index is 1.24. The van der Waals surface area contributed by atoms with Gasteiger partial charge in [0.2, 0.25) is 0 Å². The monoisotopic (exact) mass is 421 g/mol. The molecular formula is C25H31N3O3. The van der Waals surface area contributed by atoms with E-state index in [2.05, 4.69) is 54.4 Å². The lowest BCUT2D eigenvalue weighted by Gasteiger charge is -2.62. The maximum atomic E-state index is 12.9. The first-order valence-electron chi connectivity index (χ1n) is 11.3. The summed E-state index contributed by atoms with van der Waals surface area (Å²) in [5, 5.41) is 3.04. The minimum atomic E-state index is -0.0390. The first-order valence-corrected chi connectivity index (χ1v) is 11.3. The van der Waals surface area contributed by atoms with Crippen LogP contribution < -0.4 is 14.8 Å². The lowest BCUT2D eigenvalue weighted by atomic mass is 9.62. The van der Waals surface area contributed by atoms with Crippen LogP contribution in [0.2, 0.25) is 0 Å². The third-order valence-corrected chi connectivity index (χ3v) is 7.03. The molecule has 1 atom stereocenters. The number of nitrogens with zero attached hydrogens (tertiary/aromatic N) is 2. The van der Waals surface area contributed by atoms with Gasteiger partial charge < -0.3 is 19.7 Å². The number of amides is 2. The molecule has 0 aromatic heterocycles. The highest BCUT2D eigenvalue weighted by Gasteiger charge is 2.54. The summed E-state index contributed by atoms with van der Waals surface area (Å²) in [5.41, 5.74) is 2.40. The van der Waals surface area contributed by atoms with Gasteiger partial charge in [0.15, 0.2) is 11.5 Å². The van der Waals surface area contributed by atoms with Crippen molar-refractivity contribution >= 4 is 11.7 Å². The van der Waals surface area contributed by atoms with Gasteiger partial charge in [0.25, 0.3) is 0 Å². The molecule has 3 aliphatic heterocycles. The van der Waals surface area contributed by atoms with Gasteiger partial charge in [-0.25, -0.2) is 4.79 Å². The molecule has 0 bridgehead atoms. The van der Waals surface area contributed by atoms with E-state index >= 15 is 0 Å². The predicted molar refractivity (Wildman–Crippen MR) is 121 cm³/mol. The largest absolute Gasteiger partial charge is 0.486 e. The van der Waals surface area contributed by atoms with Gasteiger partial charge in [-0.1, -0.05) is 30.3 Å². The van der Waals surface area contributed by atoms with Crippen molar-refractivity contribution < 1.29 is 14.3 Å². The number of rotatable bonds is 3. The lowest BCUT2D eigenvalue weighted by molar-refractivity contribution is -0.123. The summed E-state index contributed by atoms with van der Waals surface area (Å²) >= 11 is 0. The average molecular weight is 422 g/mol. The zero-order valence-electron chi connectivity index (χ0n) is 18.3. The number of nitrogens with one attached hydrogen (secondary N) is 1. The SMILES string of the molecule is CC(C)N1CC2(CCN(C(=O)Nc3ccc4c(c3)OCCO4)CC2)C1c1ccccc1. The summed E-state index contributed by atoms with van der Waals surface area (Å²) in [6.07, 6.45) is 2.06. The van der Waals surface area contributed by atoms with Gasteiger partial charge in [-0.05, 0) is 44.4 Å². The summed E-state index contributed by atoms with van der Waals surface area (Å²) < 4.78 is 11.2. The van der Waals surface area contributed by atoms with E-state index in [4.69, 9.17) is 9.47 Å². The van der Waals surface area contributed by atoms with E-state index in [0.29, 0.717) is 31.0 Å². The molecule has 0 aliphatic carbocycles. The highest BCUT2D eigenvalue weighted by atomic mass is 16.6. The number of ether oxygens (including phenoxy) is 2. The van der Waals surface area contributed by atoms with Crippen molar-refractivity contribution in [2.24, 2.45) is 5.41 Å². The van der Waals surface area contributed by atoms with Gasteiger partial charge in [-0.15, -0.1) is 0 Å². The number of fused-ring (bicyclic) bond motifs is 1. The fourth-order valence-electron chi connectivity index (χ4n) is 5.35. The van der Waals surface area contributed by atoms with Gasteiger partial charge in [0.05, 0.1) is 0 Å². The minimum Gasteiger partial charge on any atom is -0.486 e. The van der Waals surface area contributed by atoms with Crippen LogP contribution in [0.25, 0.3) is 0 Å². The molecule has 2 aromatic rings. The van der Waals surface area contributed by atoms with Crippen molar-refractivity contribution in [2.45, 2.75) is 38.8 Å². The Morgan fingerprint density at radius 3 is 2.45 bits per heavy atom. The second kappa shape index (κ2) is 8.08. The van der Waals surface area contributed by atoms with Crippen LogP contribution in [0.3, 0.4) is 0 Å². The van der Waals surface area contributed by atoms with Gasteiger partial charge in [-0.3, -0.25) is 4.90 Å². The van der Waals surface area contributed by atoms with Crippen LogP contribution in [0.4, 0.5) is 10.5 Å². The van der Waals surface area contributed by atoms with Crippen molar-refractivity contribution in [1.82, 2.24) is 9.80 Å². The second-order valence-electron chi connectivity index (χ2n) is 9.22. The van der Waals surface area contributed by atoms with E-state index in [1.54, 1.807) is 0 Å². The first-order chi connectivity index (χ1) is 15.1. The van der Waals surface area contributed by atoms with Crippen LogP contribution in [-0.4, -0.2) is 54.7 Å². The van der Waals surface area contributed by atoms with E-state index in [0.717, 1.165) is 43.9 Å². The van der Waals surface area contributed by atoms with Crippen LogP contribution in [0.1, 0.15) is 38.3 Å². The Morgan fingerprint density at radius 2 is 1.74 bits per heavy atom. The minimum absolute atomic E-state index is 0.0390. The van der Waals surface area contributed by atoms with Gasteiger partial charge >= 0.3 is 6.03 Å². The third-order valence-electron chi connectivity index (χ3n) is 7.03. The molecule has 1 unspecified atom stereocenters. The van der Waals surface area contributed by atoms with Crippen LogP contribution in [0.5, 0.6) is 11.5 Å². The molecule has 31 heavy (non-hydrogen) atoms. The molecule has 3 aliphatic rings. The normalized spacial score (nSPS) is 22.3. The highest BCUT2D eigenvalue weighted by molar-refractivity contribution is 5.89. The first kappa shape index (κ1) is 20.2. The number of hydrogen-bond acceptors (Lipinski definition) is 4. The fourth-order valence-corrected chi connectivity index (χ4v) is 5.35. The van der Waals surface area contributed by atoms with Crippen LogP contribution >= 0.6 is 0 Å². The highest BCUT2D eigenvalue weighted by Crippen LogP contribution is 2.55. The molecule has 6 nitrogen and oxygen atoms in total. The number of carbonyl (C=O) groups excluding carboxylic acids is 1. The summed E-state index contributed by atoms with van der Waals surface area (Å²) in [7, 11) is 0. The Morgan fingerprint density at radius 1 is 1.03 bits per heavy atom. The summed E-state index contributed by atoms with van der Waals surface area (Å²) in [6, 6.07) is 17.3. The number of piperidine rings is 1. The molecule has 164 valence electrons. The van der Waals surface area contributed by atoms with Gasteiger partial charge in [0.1, 0.15) is 13.2 Å². The smallest absolute Gasteiger partial charge is 0.321 e. The average Bonchev–Trinajstić information content (AvgIpc) is 2.78. The van der Waals surface area contributed by atoms with Crippen LogP contribution in [0.15, 0.2) is 48.5 Å². The maximum absolute atomic E-state index is 12.9. The number of anilines is 1. The quantitative estimate of drug-likeness (QED) is 0.791. The Bertz CT molecular complexity index is 938. The number of hydrogen-bond donors (Lipinski definition) is 1. The lowest BCUT2D eigenvalue weighted by Crippen LogP contribution is -2.64. The number of benzene rings is 2. The second-order valence-corrected chi connectivity index (χ2v) is 9.22. The molecule has 5 rings (SSSR count). The predicted octanol–water partition coefficient (Wildman–Crippen LogP) is 4.54. The molecule has 3 heterocycles. The van der Waals surface area contributed by atoms with Gasteiger partial charge in [-0.2, -0.15) is 0 Å². The zero-order chi connectivity index (χ0) is 21.4. The summed E-state index contributed by atoms with van der Waals surface area (Å²) in [6.45, 7) is 8.33. The molecule has 0 saturated carbocycles. The van der Waals surface area contributed by atoms with E-state index < -0.39 is 0 Å². The third kappa shape index (κ3) is 3.74. The molecule has 1 N–H and O–H groups in total. The van der Waals surface area contributed by atoms with Crippen molar-refractivity contribution in [2.75, 3.05) is 38.2 Å². The molecule has 2 fully saturated rings. The van der Waals surface area contributed by atoms with E-state index in [9.17, 15) is 4.79 Å². The van der Waals surface area contributed by atoms with E-state index in [1.807, 2.05) is 23.1 Å². The Labute approximate surface area is 184 Å². The standard InChI is InChI=1S/C25H31N3O3/c1-18(2)28-17-25(23(28)19-6-4-3-5-7-19)10-12-27(13-11-25)24(29)26-20-8-9-21-22(16-20)31-15-14-30-21/h3-9,16,18,23H,10-15,17H2,1-2H3,(H,26,29). The number of likely N-dealkylation sites (tertiary alicyclic amines) is 2. The fraction of sp³-hybridized carbons (Fsp3) is 0.480. The molecule has 0 radical (unpaired) electrons. The van der Waals surface area contributed by atoms with Crippen LogP contribution in [0, 0.1) is 5.41 Å². The Hall–Kier alpha value is -2.73. The zero-order valence-corrected chi connectivity index (χ0v) is 18.3. The number of urea groups is 1. The molecular weight excluding hydrogens is 390 g/mol. The van der Waals surface area contributed by atoms with Crippen LogP contribution in [-0.2, 0) is 0 Å². The maximum Gasteiger partial charge on any atom is 0.321 e. The van der Waals surface area contributed by atoms with Gasteiger partial charge in [0, 0.05) is 48.9 Å².